The van der Waals surface area contributed by atoms with Gasteiger partial charge in [-0.25, -0.2) is 14.4 Å². The number of carbonyl (C=O) groups excluding carboxylic acids is 1. The number of aromatic nitrogens is 2. The van der Waals surface area contributed by atoms with E-state index in [9.17, 15) is 9.18 Å². The number of anilines is 3. The third kappa shape index (κ3) is 4.43. The van der Waals surface area contributed by atoms with Crippen molar-refractivity contribution >= 4 is 46.3 Å². The first kappa shape index (κ1) is 17.1. The monoisotopic (exact) mass is 376 g/mol. The van der Waals surface area contributed by atoms with Crippen LogP contribution in [0.3, 0.4) is 0 Å². The first-order valence-corrected chi connectivity index (χ1v) is 7.88. The molecule has 2 N–H and O–H groups in total. The lowest BCUT2D eigenvalue weighted by Crippen LogP contribution is -2.14. The molecular weight excluding hydrogens is 366 g/mol. The molecule has 126 valence electrons. The second-order valence-electron chi connectivity index (χ2n) is 5.00. The Kier molecular flexibility index (Phi) is 5.11. The molecule has 0 atom stereocenters. The summed E-state index contributed by atoms with van der Waals surface area (Å²) < 4.78 is 13.2. The summed E-state index contributed by atoms with van der Waals surface area (Å²) in [4.78, 5) is 20.3. The third-order valence-corrected chi connectivity index (χ3v) is 3.74. The Balaban J connectivity index is 1.78. The molecule has 0 unspecified atom stereocenters. The van der Waals surface area contributed by atoms with Gasteiger partial charge in [0.05, 0.1) is 10.7 Å². The number of nitrogens with one attached hydrogen (secondary N) is 2. The molecule has 3 aromatic rings. The fraction of sp³-hybridized carbons (Fsp3) is 0. The molecule has 0 aliphatic rings. The largest absolute Gasteiger partial charge is 0.340 e. The topological polar surface area (TPSA) is 66.9 Å². The van der Waals surface area contributed by atoms with Gasteiger partial charge >= 0.3 is 0 Å². The van der Waals surface area contributed by atoms with Gasteiger partial charge in [0.25, 0.3) is 5.91 Å². The van der Waals surface area contributed by atoms with Crippen molar-refractivity contribution in [3.05, 3.63) is 76.4 Å². The highest BCUT2D eigenvalue weighted by molar-refractivity contribution is 6.35. The normalized spacial score (nSPS) is 10.4. The van der Waals surface area contributed by atoms with E-state index >= 15 is 0 Å². The Labute approximate surface area is 152 Å². The number of rotatable bonds is 4. The average Bonchev–Trinajstić information content (AvgIpc) is 2.58. The van der Waals surface area contributed by atoms with Crippen LogP contribution in [0.2, 0.25) is 10.0 Å². The zero-order chi connectivity index (χ0) is 17.8. The molecule has 3 rings (SSSR count). The van der Waals surface area contributed by atoms with Gasteiger partial charge < -0.3 is 10.6 Å². The van der Waals surface area contributed by atoms with Crippen molar-refractivity contribution in [2.45, 2.75) is 0 Å². The van der Waals surface area contributed by atoms with Crippen molar-refractivity contribution in [1.82, 2.24) is 9.97 Å². The smallest absolute Gasteiger partial charge is 0.274 e. The minimum absolute atomic E-state index is 0.116. The molecule has 1 aromatic heterocycles. The third-order valence-electron chi connectivity index (χ3n) is 3.17. The number of hydrogen-bond acceptors (Lipinski definition) is 4. The summed E-state index contributed by atoms with van der Waals surface area (Å²) in [5.74, 6) is -0.510. The first-order chi connectivity index (χ1) is 12.0. The van der Waals surface area contributed by atoms with Crippen LogP contribution in [0.1, 0.15) is 10.5 Å². The highest BCUT2D eigenvalue weighted by Gasteiger charge is 2.12. The molecular formula is C17H11Cl2FN4O. The zero-order valence-electron chi connectivity index (χ0n) is 12.6. The molecule has 0 spiro atoms. The Morgan fingerprint density at radius 2 is 1.88 bits per heavy atom. The lowest BCUT2D eigenvalue weighted by Gasteiger charge is -2.09. The van der Waals surface area contributed by atoms with E-state index in [0.29, 0.717) is 27.2 Å². The molecule has 0 aliphatic heterocycles. The van der Waals surface area contributed by atoms with Gasteiger partial charge in [0.15, 0.2) is 0 Å². The Hall–Kier alpha value is -2.70. The first-order valence-electron chi connectivity index (χ1n) is 7.12. The predicted octanol–water partition coefficient (Wildman–Crippen LogP) is 4.92. The van der Waals surface area contributed by atoms with Gasteiger partial charge in [-0.1, -0.05) is 29.3 Å². The number of hydrogen-bond donors (Lipinski definition) is 2. The maximum Gasteiger partial charge on any atom is 0.274 e. The van der Waals surface area contributed by atoms with Crippen LogP contribution in [0.25, 0.3) is 0 Å². The summed E-state index contributed by atoms with van der Waals surface area (Å²) in [7, 11) is 0. The van der Waals surface area contributed by atoms with Crippen LogP contribution in [-0.4, -0.2) is 15.9 Å². The molecule has 1 amide bonds. The average molecular weight is 377 g/mol. The van der Waals surface area contributed by atoms with Gasteiger partial charge in [-0.2, -0.15) is 0 Å². The van der Waals surface area contributed by atoms with Gasteiger partial charge in [-0.15, -0.1) is 0 Å². The summed E-state index contributed by atoms with van der Waals surface area (Å²) >= 11 is 11.9. The summed E-state index contributed by atoms with van der Waals surface area (Å²) in [6.45, 7) is 0. The molecule has 2 aromatic carbocycles. The molecule has 0 saturated heterocycles. The lowest BCUT2D eigenvalue weighted by molar-refractivity contribution is 0.102. The van der Waals surface area contributed by atoms with Crippen molar-refractivity contribution in [3.8, 4) is 0 Å². The minimum atomic E-state index is -0.478. The molecule has 0 bridgehead atoms. The van der Waals surface area contributed by atoms with Crippen LogP contribution in [0.15, 0.2) is 54.9 Å². The molecule has 25 heavy (non-hydrogen) atoms. The van der Waals surface area contributed by atoms with Crippen LogP contribution in [0.4, 0.5) is 21.6 Å². The molecule has 1 heterocycles. The highest BCUT2D eigenvalue weighted by atomic mass is 35.5. The van der Waals surface area contributed by atoms with Gasteiger partial charge in [0, 0.05) is 16.8 Å². The fourth-order valence-electron chi connectivity index (χ4n) is 2.04. The number of nitrogens with zero attached hydrogens (tertiary/aromatic N) is 2. The van der Waals surface area contributed by atoms with Crippen LogP contribution in [-0.2, 0) is 0 Å². The molecule has 0 radical (unpaired) electrons. The molecule has 0 aliphatic carbocycles. The van der Waals surface area contributed by atoms with E-state index in [0.717, 1.165) is 0 Å². The van der Waals surface area contributed by atoms with E-state index in [1.165, 1.54) is 30.6 Å². The van der Waals surface area contributed by atoms with Crippen LogP contribution < -0.4 is 10.6 Å². The Morgan fingerprint density at radius 3 is 2.68 bits per heavy atom. The number of carbonyl (C=O) groups is 1. The number of benzene rings is 2. The summed E-state index contributed by atoms with van der Waals surface area (Å²) in [5.41, 5.74) is 0.991. The second kappa shape index (κ2) is 7.46. The SMILES string of the molecule is O=C(Nc1cc(Cl)ccc1Cl)c1cc(Nc2cccc(F)c2)ncn1. The predicted molar refractivity (Wildman–Crippen MR) is 96.1 cm³/mol. The van der Waals surface area contributed by atoms with Crippen molar-refractivity contribution < 1.29 is 9.18 Å². The number of halogens is 3. The van der Waals surface area contributed by atoms with E-state index in [1.54, 1.807) is 24.3 Å². The van der Waals surface area contributed by atoms with Gasteiger partial charge in [-0.05, 0) is 36.4 Å². The Morgan fingerprint density at radius 1 is 1.04 bits per heavy atom. The van der Waals surface area contributed by atoms with E-state index in [-0.39, 0.29) is 11.5 Å². The Bertz CT molecular complexity index is 936. The van der Waals surface area contributed by atoms with Gasteiger partial charge in [0.2, 0.25) is 0 Å². The van der Waals surface area contributed by atoms with Crippen LogP contribution in [0, 0.1) is 5.82 Å². The van der Waals surface area contributed by atoms with Gasteiger partial charge in [0.1, 0.15) is 23.7 Å². The van der Waals surface area contributed by atoms with E-state index in [2.05, 4.69) is 20.6 Å². The van der Waals surface area contributed by atoms with E-state index < -0.39 is 5.91 Å². The molecule has 8 heteroatoms. The quantitative estimate of drug-likeness (QED) is 0.678. The van der Waals surface area contributed by atoms with Crippen LogP contribution in [0.5, 0.6) is 0 Å². The standard InChI is InChI=1S/C17H11Cl2FN4O/c18-10-4-5-13(19)14(6-10)24-17(25)15-8-16(22-9-21-15)23-12-3-1-2-11(20)7-12/h1-9H,(H,24,25)(H,21,22,23). The van der Waals surface area contributed by atoms with E-state index in [1.807, 2.05) is 0 Å². The zero-order valence-corrected chi connectivity index (χ0v) is 14.1. The second-order valence-corrected chi connectivity index (χ2v) is 5.85. The number of amides is 1. The van der Waals surface area contributed by atoms with Crippen molar-refractivity contribution in [1.29, 1.82) is 0 Å². The minimum Gasteiger partial charge on any atom is -0.340 e. The maximum absolute atomic E-state index is 13.2. The summed E-state index contributed by atoms with van der Waals surface area (Å²) in [5, 5.41) is 6.33. The highest BCUT2D eigenvalue weighted by Crippen LogP contribution is 2.26. The van der Waals surface area contributed by atoms with Gasteiger partial charge in [-0.3, -0.25) is 4.79 Å². The summed E-state index contributed by atoms with van der Waals surface area (Å²) in [6, 6.07) is 12.1. The maximum atomic E-state index is 13.2. The van der Waals surface area contributed by atoms with Crippen LogP contribution >= 0.6 is 23.2 Å². The lowest BCUT2D eigenvalue weighted by atomic mass is 10.3. The van der Waals surface area contributed by atoms with E-state index in [4.69, 9.17) is 23.2 Å². The fourth-order valence-corrected chi connectivity index (χ4v) is 2.38. The van der Waals surface area contributed by atoms with Crippen molar-refractivity contribution in [3.63, 3.8) is 0 Å². The molecule has 0 fully saturated rings. The van der Waals surface area contributed by atoms with Crippen molar-refractivity contribution in [2.75, 3.05) is 10.6 Å². The molecule has 0 saturated carbocycles. The van der Waals surface area contributed by atoms with Crippen molar-refractivity contribution in [2.24, 2.45) is 0 Å². The molecule has 5 nitrogen and oxygen atoms in total. The summed E-state index contributed by atoms with van der Waals surface area (Å²) in [6.07, 6.45) is 1.23.